The first kappa shape index (κ1) is 14.8. The number of halogens is 1. The lowest BCUT2D eigenvalue weighted by Crippen LogP contribution is -2.28. The number of hydrogen-bond acceptors (Lipinski definition) is 1. The summed E-state index contributed by atoms with van der Waals surface area (Å²) < 4.78 is 0. The fraction of sp³-hybridized carbons (Fsp3) is 0.917. The Bertz CT molecular complexity index is 162. The second-order valence-electron chi connectivity index (χ2n) is 4.01. The van der Waals surface area contributed by atoms with Crippen LogP contribution < -0.4 is 5.32 Å². The third kappa shape index (κ3) is 8.73. The maximum absolute atomic E-state index is 11.3. The van der Waals surface area contributed by atoms with E-state index in [9.17, 15) is 4.79 Å². The van der Waals surface area contributed by atoms with Crippen LogP contribution in [0, 0.1) is 5.92 Å². The minimum Gasteiger partial charge on any atom is -0.356 e. The van der Waals surface area contributed by atoms with Crippen LogP contribution in [0.2, 0.25) is 0 Å². The summed E-state index contributed by atoms with van der Waals surface area (Å²) in [4.78, 5) is 11.3. The average molecular weight is 234 g/mol. The van der Waals surface area contributed by atoms with Crippen LogP contribution in [-0.2, 0) is 4.79 Å². The van der Waals surface area contributed by atoms with Crippen LogP contribution in [0.5, 0.6) is 0 Å². The molecule has 0 rings (SSSR count). The van der Waals surface area contributed by atoms with Gasteiger partial charge in [-0.3, -0.25) is 4.79 Å². The first-order chi connectivity index (χ1) is 7.24. The summed E-state index contributed by atoms with van der Waals surface area (Å²) in [6.45, 7) is 5.22. The summed E-state index contributed by atoms with van der Waals surface area (Å²) in [5.74, 6) is 1.36. The molecule has 0 saturated heterocycles. The predicted octanol–water partition coefficient (Wildman–Crippen LogP) is 3.34. The van der Waals surface area contributed by atoms with Gasteiger partial charge < -0.3 is 5.32 Å². The first-order valence-corrected chi connectivity index (χ1v) is 6.60. The zero-order chi connectivity index (χ0) is 11.5. The molecular weight excluding hydrogens is 210 g/mol. The molecule has 0 fully saturated rings. The SMILES string of the molecule is CCCC[C@@H](CC)CNC(=O)CCCCl. The lowest BCUT2D eigenvalue weighted by atomic mass is 9.99. The molecule has 0 saturated carbocycles. The Kier molecular flexibility index (Phi) is 10.1. The summed E-state index contributed by atoms with van der Waals surface area (Å²) in [6, 6.07) is 0. The summed E-state index contributed by atoms with van der Waals surface area (Å²) in [7, 11) is 0. The Morgan fingerprint density at radius 3 is 2.60 bits per heavy atom. The van der Waals surface area contributed by atoms with E-state index in [0.717, 1.165) is 19.4 Å². The molecule has 2 nitrogen and oxygen atoms in total. The lowest BCUT2D eigenvalue weighted by Gasteiger charge is -2.15. The molecular formula is C12H24ClNO. The molecule has 3 heteroatoms. The highest BCUT2D eigenvalue weighted by Gasteiger charge is 2.07. The Labute approximate surface area is 98.8 Å². The van der Waals surface area contributed by atoms with Gasteiger partial charge in [-0.15, -0.1) is 11.6 Å². The summed E-state index contributed by atoms with van der Waals surface area (Å²) >= 11 is 5.52. The summed E-state index contributed by atoms with van der Waals surface area (Å²) in [5, 5.41) is 2.98. The third-order valence-corrected chi connectivity index (χ3v) is 2.94. The minimum absolute atomic E-state index is 0.144. The van der Waals surface area contributed by atoms with Crippen molar-refractivity contribution in [3.8, 4) is 0 Å². The monoisotopic (exact) mass is 233 g/mol. The summed E-state index contributed by atoms with van der Waals surface area (Å²) in [5.41, 5.74) is 0. The van der Waals surface area contributed by atoms with Crippen LogP contribution in [0.3, 0.4) is 0 Å². The van der Waals surface area contributed by atoms with Crippen molar-refractivity contribution in [1.29, 1.82) is 0 Å². The lowest BCUT2D eigenvalue weighted by molar-refractivity contribution is -0.121. The summed E-state index contributed by atoms with van der Waals surface area (Å²) in [6.07, 6.45) is 6.21. The predicted molar refractivity (Wildman–Crippen MR) is 66.3 cm³/mol. The van der Waals surface area contributed by atoms with E-state index in [0.29, 0.717) is 18.2 Å². The molecule has 0 bridgehead atoms. The molecule has 0 spiro atoms. The normalized spacial score (nSPS) is 12.5. The third-order valence-electron chi connectivity index (χ3n) is 2.67. The van der Waals surface area contributed by atoms with Gasteiger partial charge in [0.05, 0.1) is 0 Å². The van der Waals surface area contributed by atoms with E-state index >= 15 is 0 Å². The second-order valence-corrected chi connectivity index (χ2v) is 4.39. The number of alkyl halides is 1. The van der Waals surface area contributed by atoms with E-state index in [1.54, 1.807) is 0 Å². The highest BCUT2D eigenvalue weighted by atomic mass is 35.5. The molecule has 0 aliphatic rings. The van der Waals surface area contributed by atoms with E-state index in [-0.39, 0.29) is 5.91 Å². The molecule has 0 unspecified atom stereocenters. The highest BCUT2D eigenvalue weighted by molar-refractivity contribution is 6.17. The number of rotatable bonds is 9. The van der Waals surface area contributed by atoms with Gasteiger partial charge in [0, 0.05) is 18.8 Å². The van der Waals surface area contributed by atoms with Crippen molar-refractivity contribution >= 4 is 17.5 Å². The van der Waals surface area contributed by atoms with Crippen molar-refractivity contribution in [1.82, 2.24) is 5.32 Å². The second kappa shape index (κ2) is 10.3. The minimum atomic E-state index is 0.144. The molecule has 90 valence electrons. The molecule has 0 aromatic carbocycles. The molecule has 1 N–H and O–H groups in total. The van der Waals surface area contributed by atoms with E-state index in [4.69, 9.17) is 11.6 Å². The van der Waals surface area contributed by atoms with Crippen molar-refractivity contribution in [2.45, 2.75) is 52.4 Å². The molecule has 0 aromatic heterocycles. The number of carbonyl (C=O) groups is 1. The van der Waals surface area contributed by atoms with E-state index < -0.39 is 0 Å². The number of nitrogens with one attached hydrogen (secondary N) is 1. The van der Waals surface area contributed by atoms with Gasteiger partial charge in [-0.25, -0.2) is 0 Å². The quantitative estimate of drug-likeness (QED) is 0.608. The van der Waals surface area contributed by atoms with Gasteiger partial charge >= 0.3 is 0 Å². The molecule has 0 heterocycles. The van der Waals surface area contributed by atoms with Crippen molar-refractivity contribution in [2.24, 2.45) is 5.92 Å². The van der Waals surface area contributed by atoms with Crippen molar-refractivity contribution < 1.29 is 4.79 Å². The van der Waals surface area contributed by atoms with Gasteiger partial charge in [-0.1, -0.05) is 33.1 Å². The Morgan fingerprint density at radius 2 is 2.07 bits per heavy atom. The topological polar surface area (TPSA) is 29.1 Å². The van der Waals surface area contributed by atoms with Gasteiger partial charge in [-0.05, 0) is 18.8 Å². The van der Waals surface area contributed by atoms with Gasteiger partial charge in [0.15, 0.2) is 0 Å². The van der Waals surface area contributed by atoms with E-state index in [2.05, 4.69) is 19.2 Å². The fourth-order valence-corrected chi connectivity index (χ4v) is 1.65. The molecule has 1 amide bonds. The van der Waals surface area contributed by atoms with Gasteiger partial charge in [-0.2, -0.15) is 0 Å². The number of hydrogen-bond donors (Lipinski definition) is 1. The standard InChI is InChI=1S/C12H24ClNO/c1-3-5-7-11(4-2)10-14-12(15)8-6-9-13/h11H,3-10H2,1-2H3,(H,14,15)/t11-/m1/s1. The molecule has 1 atom stereocenters. The van der Waals surface area contributed by atoms with Crippen LogP contribution >= 0.6 is 11.6 Å². The number of carbonyl (C=O) groups excluding carboxylic acids is 1. The maximum atomic E-state index is 11.3. The van der Waals surface area contributed by atoms with Gasteiger partial charge in [0.25, 0.3) is 0 Å². The number of unbranched alkanes of at least 4 members (excludes halogenated alkanes) is 1. The Morgan fingerprint density at radius 1 is 1.33 bits per heavy atom. The maximum Gasteiger partial charge on any atom is 0.220 e. The molecule has 15 heavy (non-hydrogen) atoms. The van der Waals surface area contributed by atoms with Crippen LogP contribution in [0.15, 0.2) is 0 Å². The van der Waals surface area contributed by atoms with Gasteiger partial charge in [0.2, 0.25) is 5.91 Å². The Hall–Kier alpha value is -0.240. The van der Waals surface area contributed by atoms with Crippen molar-refractivity contribution in [2.75, 3.05) is 12.4 Å². The van der Waals surface area contributed by atoms with E-state index in [1.165, 1.54) is 19.3 Å². The first-order valence-electron chi connectivity index (χ1n) is 6.07. The molecule has 0 aliphatic heterocycles. The zero-order valence-corrected chi connectivity index (χ0v) is 10.8. The molecule has 0 radical (unpaired) electrons. The van der Waals surface area contributed by atoms with E-state index in [1.807, 2.05) is 0 Å². The fourth-order valence-electron chi connectivity index (χ4n) is 1.52. The van der Waals surface area contributed by atoms with Crippen molar-refractivity contribution in [3.05, 3.63) is 0 Å². The molecule has 0 aromatic rings. The highest BCUT2D eigenvalue weighted by Crippen LogP contribution is 2.11. The zero-order valence-electron chi connectivity index (χ0n) is 10.0. The smallest absolute Gasteiger partial charge is 0.220 e. The van der Waals surface area contributed by atoms with Crippen molar-refractivity contribution in [3.63, 3.8) is 0 Å². The largest absolute Gasteiger partial charge is 0.356 e. The van der Waals surface area contributed by atoms with Gasteiger partial charge in [0.1, 0.15) is 0 Å². The Balaban J connectivity index is 3.55. The average Bonchev–Trinajstić information content (AvgIpc) is 2.26. The van der Waals surface area contributed by atoms with Crippen LogP contribution in [-0.4, -0.2) is 18.3 Å². The van der Waals surface area contributed by atoms with Crippen LogP contribution in [0.1, 0.15) is 52.4 Å². The van der Waals surface area contributed by atoms with Crippen LogP contribution in [0.4, 0.5) is 0 Å². The number of amides is 1. The van der Waals surface area contributed by atoms with Crippen LogP contribution in [0.25, 0.3) is 0 Å². The molecule has 0 aliphatic carbocycles.